The van der Waals surface area contributed by atoms with Crippen LogP contribution in [0.25, 0.3) is 0 Å². The van der Waals surface area contributed by atoms with Crippen LogP contribution in [-0.2, 0) is 5.75 Å². The van der Waals surface area contributed by atoms with Gasteiger partial charge in [-0.25, -0.2) is 0 Å². The molecule has 0 amide bonds. The Kier molecular flexibility index (Phi) is 6.68. The van der Waals surface area contributed by atoms with Crippen LogP contribution in [0.4, 0.5) is 4.79 Å². The summed E-state index contributed by atoms with van der Waals surface area (Å²) in [6.45, 7) is 0. The second-order valence-corrected chi connectivity index (χ2v) is 4.27. The highest BCUT2D eigenvalue weighted by Gasteiger charge is 1.97. The van der Waals surface area contributed by atoms with Crippen molar-refractivity contribution in [3.05, 3.63) is 34.9 Å². The van der Waals surface area contributed by atoms with Gasteiger partial charge in [0, 0.05) is 10.8 Å². The summed E-state index contributed by atoms with van der Waals surface area (Å²) in [5.74, 6) is 0.652. The highest BCUT2D eigenvalue weighted by atomic mass is 35.5. The minimum absolute atomic E-state index is 0. The molecule has 0 bridgehead atoms. The van der Waals surface area contributed by atoms with E-state index >= 15 is 0 Å². The minimum Gasteiger partial charge on any atom is -0.275 e. The van der Waals surface area contributed by atoms with Gasteiger partial charge in [-0.2, -0.15) is 0 Å². The van der Waals surface area contributed by atoms with Crippen molar-refractivity contribution in [2.75, 3.05) is 0 Å². The predicted octanol–water partition coefficient (Wildman–Crippen LogP) is 4.04. The van der Waals surface area contributed by atoms with E-state index in [1.165, 1.54) is 11.8 Å². The second kappa shape index (κ2) is 6.60. The number of thioether (sulfide) groups is 1. The highest BCUT2D eigenvalue weighted by molar-refractivity contribution is 8.31. The van der Waals surface area contributed by atoms with E-state index in [0.29, 0.717) is 10.8 Å². The summed E-state index contributed by atoms with van der Waals surface area (Å²) >= 11 is 10.5. The highest BCUT2D eigenvalue weighted by Crippen LogP contribution is 2.17. The summed E-state index contributed by atoms with van der Waals surface area (Å²) in [4.78, 5) is 10.5. The van der Waals surface area contributed by atoms with Gasteiger partial charge in [-0.05, 0) is 17.7 Å². The van der Waals surface area contributed by atoms with E-state index in [2.05, 4.69) is 12.6 Å². The maximum Gasteiger partial charge on any atom is 0.243 e. The van der Waals surface area contributed by atoms with Gasteiger partial charge < -0.3 is 0 Å². The van der Waals surface area contributed by atoms with Crippen LogP contribution >= 0.6 is 48.4 Å². The average Bonchev–Trinajstić information content (AvgIpc) is 2.03. The number of carbonyl (C=O) groups is 1. The van der Waals surface area contributed by atoms with Crippen LogP contribution in [0.5, 0.6) is 0 Å². The van der Waals surface area contributed by atoms with Crippen LogP contribution in [0.1, 0.15) is 5.56 Å². The zero-order valence-electron chi connectivity index (χ0n) is 6.57. The van der Waals surface area contributed by atoms with Crippen molar-refractivity contribution < 1.29 is 4.79 Å². The molecule has 0 saturated heterocycles. The molecular weight excluding hydrogens is 247 g/mol. The molecule has 0 N–H and O–H groups in total. The van der Waals surface area contributed by atoms with Gasteiger partial charge in [0.15, 0.2) is 0 Å². The molecule has 0 aliphatic rings. The molecule has 0 heterocycles. The van der Waals surface area contributed by atoms with Gasteiger partial charge in [0.1, 0.15) is 0 Å². The zero-order chi connectivity index (χ0) is 8.97. The second-order valence-electron chi connectivity index (χ2n) is 2.18. The molecule has 1 rings (SSSR count). The van der Waals surface area contributed by atoms with Crippen molar-refractivity contribution >= 4 is 52.8 Å². The Labute approximate surface area is 98.1 Å². The van der Waals surface area contributed by atoms with Crippen LogP contribution in [0.3, 0.4) is 0 Å². The number of carbonyl (C=O) groups excluding carboxylic acids is 1. The van der Waals surface area contributed by atoms with Crippen molar-refractivity contribution in [3.63, 3.8) is 0 Å². The van der Waals surface area contributed by atoms with E-state index in [0.717, 1.165) is 5.56 Å². The Morgan fingerprint density at radius 1 is 1.38 bits per heavy atom. The lowest BCUT2D eigenvalue weighted by atomic mass is 10.2. The summed E-state index contributed by atoms with van der Waals surface area (Å²) in [7, 11) is 0. The number of hydrogen-bond donors (Lipinski definition) is 1. The lowest BCUT2D eigenvalue weighted by Crippen LogP contribution is -1.81. The topological polar surface area (TPSA) is 17.1 Å². The first kappa shape index (κ1) is 13.2. The van der Waals surface area contributed by atoms with E-state index < -0.39 is 0 Å². The van der Waals surface area contributed by atoms with Gasteiger partial charge >= 0.3 is 0 Å². The minimum atomic E-state index is -0.162. The third-order valence-electron chi connectivity index (χ3n) is 1.28. The van der Waals surface area contributed by atoms with Crippen molar-refractivity contribution in [1.29, 1.82) is 0 Å². The molecule has 0 radical (unpaired) electrons. The van der Waals surface area contributed by atoms with E-state index in [-0.39, 0.29) is 16.9 Å². The average molecular weight is 255 g/mol. The summed E-state index contributed by atoms with van der Waals surface area (Å²) in [6.07, 6.45) is 0. The Bertz CT molecular complexity index is 274. The standard InChI is InChI=1S/C8H7ClOS2.ClH/c9-7-3-1-6(2-4-7)5-12-8(10)11;/h1-4H,5H2,(H,10,11);1H. The largest absolute Gasteiger partial charge is 0.275 e. The van der Waals surface area contributed by atoms with Crippen LogP contribution in [0, 0.1) is 0 Å². The molecule has 72 valence electrons. The fourth-order valence-electron chi connectivity index (χ4n) is 0.726. The number of halogens is 2. The van der Waals surface area contributed by atoms with E-state index in [9.17, 15) is 4.79 Å². The molecule has 0 atom stereocenters. The lowest BCUT2D eigenvalue weighted by Gasteiger charge is -1.97. The fraction of sp³-hybridized carbons (Fsp3) is 0.125. The third-order valence-corrected chi connectivity index (χ3v) is 2.64. The molecule has 13 heavy (non-hydrogen) atoms. The van der Waals surface area contributed by atoms with E-state index in [4.69, 9.17) is 11.6 Å². The molecule has 0 aliphatic carbocycles. The van der Waals surface area contributed by atoms with Crippen LogP contribution < -0.4 is 0 Å². The third kappa shape index (κ3) is 5.47. The number of hydrogen-bond acceptors (Lipinski definition) is 2. The van der Waals surface area contributed by atoms with Crippen molar-refractivity contribution in [1.82, 2.24) is 0 Å². The molecular formula is C8H8Cl2OS2. The van der Waals surface area contributed by atoms with Gasteiger partial charge in [-0.15, -0.1) is 12.4 Å². The molecule has 0 saturated carbocycles. The number of rotatable bonds is 2. The molecule has 0 aliphatic heterocycles. The molecule has 1 nitrogen and oxygen atoms in total. The Hall–Kier alpha value is 0.170. The monoisotopic (exact) mass is 254 g/mol. The molecule has 0 spiro atoms. The maximum absolute atomic E-state index is 10.5. The number of thiol groups is 1. The molecule has 1 aromatic carbocycles. The Morgan fingerprint density at radius 3 is 2.38 bits per heavy atom. The molecule has 1 aromatic rings. The molecule has 0 aromatic heterocycles. The smallest absolute Gasteiger partial charge is 0.243 e. The van der Waals surface area contributed by atoms with Crippen LogP contribution in [-0.4, -0.2) is 4.45 Å². The first-order valence-corrected chi connectivity index (χ1v) is 5.10. The van der Waals surface area contributed by atoms with E-state index in [1.807, 2.05) is 12.1 Å². The van der Waals surface area contributed by atoms with Crippen LogP contribution in [0.15, 0.2) is 24.3 Å². The first-order chi connectivity index (χ1) is 5.68. The summed E-state index contributed by atoms with van der Waals surface area (Å²) in [5, 5.41) is 0.709. The molecule has 0 fully saturated rings. The van der Waals surface area contributed by atoms with Gasteiger partial charge in [0.2, 0.25) is 4.45 Å². The SMILES string of the molecule is Cl.O=C(S)SCc1ccc(Cl)cc1. The first-order valence-electron chi connectivity index (χ1n) is 3.28. The van der Waals surface area contributed by atoms with Crippen LogP contribution in [0.2, 0.25) is 5.02 Å². The summed E-state index contributed by atoms with van der Waals surface area (Å²) < 4.78 is -0.162. The van der Waals surface area contributed by atoms with Crippen molar-refractivity contribution in [3.8, 4) is 0 Å². The zero-order valence-corrected chi connectivity index (χ0v) is 9.85. The number of benzene rings is 1. The van der Waals surface area contributed by atoms with Crippen molar-refractivity contribution in [2.45, 2.75) is 5.75 Å². The maximum atomic E-state index is 10.5. The van der Waals surface area contributed by atoms with E-state index in [1.54, 1.807) is 12.1 Å². The van der Waals surface area contributed by atoms with Gasteiger partial charge in [-0.1, -0.05) is 48.1 Å². The van der Waals surface area contributed by atoms with Gasteiger partial charge in [0.25, 0.3) is 0 Å². The summed E-state index contributed by atoms with van der Waals surface area (Å²) in [6, 6.07) is 7.40. The quantitative estimate of drug-likeness (QED) is 0.803. The van der Waals surface area contributed by atoms with Gasteiger partial charge in [0.05, 0.1) is 0 Å². The lowest BCUT2D eigenvalue weighted by molar-refractivity contribution is 0.277. The molecule has 0 unspecified atom stereocenters. The summed E-state index contributed by atoms with van der Waals surface area (Å²) in [5.41, 5.74) is 1.08. The predicted molar refractivity (Wildman–Crippen MR) is 64.4 cm³/mol. The van der Waals surface area contributed by atoms with Crippen molar-refractivity contribution in [2.24, 2.45) is 0 Å². The Morgan fingerprint density at radius 2 is 1.92 bits per heavy atom. The Balaban J connectivity index is 0.00000144. The normalized spacial score (nSPS) is 9.08. The fourth-order valence-corrected chi connectivity index (χ4v) is 1.53. The van der Waals surface area contributed by atoms with Gasteiger partial charge in [-0.3, -0.25) is 4.79 Å². The molecule has 5 heteroatoms.